The second-order valence-electron chi connectivity index (χ2n) is 6.99. The minimum Gasteiger partial charge on any atom is -0.493 e. The van der Waals surface area contributed by atoms with Crippen LogP contribution in [-0.4, -0.2) is 32.3 Å². The SMILES string of the molecule is CC.CC.CC.CCN(CC)c1ccnc(C)c1.COc1ccc(C)cc1OC.Cc1cccc(F)c1. The van der Waals surface area contributed by atoms with Gasteiger partial charge in [-0.2, -0.15) is 0 Å². The van der Waals surface area contributed by atoms with Crippen LogP contribution in [0, 0.1) is 26.6 Å². The predicted octanol–water partition coefficient (Wildman–Crippen LogP) is 9.46. The van der Waals surface area contributed by atoms with Crippen LogP contribution in [0.3, 0.4) is 0 Å². The maximum atomic E-state index is 12.2. The third-order valence-corrected chi connectivity index (χ3v) is 4.53. The van der Waals surface area contributed by atoms with Gasteiger partial charge in [0.2, 0.25) is 0 Å². The Morgan fingerprint density at radius 1 is 0.703 bits per heavy atom. The summed E-state index contributed by atoms with van der Waals surface area (Å²) < 4.78 is 22.3. The molecule has 1 heterocycles. The summed E-state index contributed by atoms with van der Waals surface area (Å²) in [5, 5.41) is 0. The Morgan fingerprint density at radius 3 is 1.65 bits per heavy atom. The zero-order valence-electron chi connectivity index (χ0n) is 25.8. The molecule has 0 amide bonds. The van der Waals surface area contributed by atoms with Crippen LogP contribution in [0.5, 0.6) is 11.5 Å². The Kier molecular flexibility index (Phi) is 27.0. The highest BCUT2D eigenvalue weighted by molar-refractivity contribution is 5.46. The molecular formula is C32H53FN2O2. The van der Waals surface area contributed by atoms with Gasteiger partial charge >= 0.3 is 0 Å². The number of rotatable bonds is 5. The van der Waals surface area contributed by atoms with Crippen LogP contribution in [-0.2, 0) is 0 Å². The summed E-state index contributed by atoms with van der Waals surface area (Å²) in [5.41, 5.74) is 4.49. The molecule has 37 heavy (non-hydrogen) atoms. The monoisotopic (exact) mass is 516 g/mol. The van der Waals surface area contributed by atoms with Crippen molar-refractivity contribution >= 4 is 5.69 Å². The maximum absolute atomic E-state index is 12.2. The number of halogens is 1. The van der Waals surface area contributed by atoms with Gasteiger partial charge in [0, 0.05) is 30.7 Å². The summed E-state index contributed by atoms with van der Waals surface area (Å²) in [6.45, 7) is 24.3. The fraction of sp³-hybridized carbons (Fsp3) is 0.469. The van der Waals surface area contributed by atoms with Gasteiger partial charge in [-0.25, -0.2) is 4.39 Å². The van der Waals surface area contributed by atoms with Crippen LogP contribution in [0.15, 0.2) is 60.8 Å². The molecule has 0 unspecified atom stereocenters. The first kappa shape index (κ1) is 38.5. The van der Waals surface area contributed by atoms with Crippen molar-refractivity contribution in [1.82, 2.24) is 4.98 Å². The standard InChI is InChI=1S/C10H16N2.C9H12O2.C7H7F.3C2H6/c1-4-12(5-2)10-6-7-11-9(3)8-10;1-7-4-5-8(10-2)9(6-7)11-3;1-6-3-2-4-7(8)5-6;3*1-2/h6-8H,4-5H2,1-3H3;4-6H,1-3H3;2-5H,1H3;3*1-2H3. The van der Waals surface area contributed by atoms with E-state index in [1.165, 1.54) is 23.4 Å². The van der Waals surface area contributed by atoms with Crippen LogP contribution < -0.4 is 14.4 Å². The molecule has 3 aromatic rings. The number of ether oxygens (including phenoxy) is 2. The number of nitrogens with zero attached hydrogens (tertiary/aromatic N) is 2. The molecule has 0 saturated heterocycles. The van der Waals surface area contributed by atoms with Gasteiger partial charge in [0.15, 0.2) is 11.5 Å². The molecule has 0 radical (unpaired) electrons. The van der Waals surface area contributed by atoms with Crippen molar-refractivity contribution in [2.75, 3.05) is 32.2 Å². The van der Waals surface area contributed by atoms with Crippen molar-refractivity contribution in [2.24, 2.45) is 0 Å². The van der Waals surface area contributed by atoms with Crippen LogP contribution in [0.1, 0.15) is 72.2 Å². The second kappa shape index (κ2) is 26.0. The molecule has 4 nitrogen and oxygen atoms in total. The molecule has 0 spiro atoms. The van der Waals surface area contributed by atoms with Crippen molar-refractivity contribution in [3.63, 3.8) is 0 Å². The van der Waals surface area contributed by atoms with Gasteiger partial charge in [-0.3, -0.25) is 4.98 Å². The lowest BCUT2D eigenvalue weighted by atomic mass is 10.2. The first-order valence-corrected chi connectivity index (χ1v) is 13.4. The van der Waals surface area contributed by atoms with Crippen molar-refractivity contribution in [1.29, 1.82) is 0 Å². The molecule has 1 aromatic heterocycles. The minimum atomic E-state index is -0.162. The summed E-state index contributed by atoms with van der Waals surface area (Å²) in [7, 11) is 3.27. The molecule has 2 aromatic carbocycles. The average Bonchev–Trinajstić information content (AvgIpc) is 2.93. The van der Waals surface area contributed by atoms with E-state index in [2.05, 4.69) is 35.9 Å². The zero-order chi connectivity index (χ0) is 29.2. The summed E-state index contributed by atoms with van der Waals surface area (Å²) in [6.07, 6.45) is 1.86. The van der Waals surface area contributed by atoms with E-state index in [1.54, 1.807) is 20.3 Å². The molecule has 0 aliphatic carbocycles. The van der Waals surface area contributed by atoms with E-state index in [1.807, 2.05) is 92.8 Å². The summed E-state index contributed by atoms with van der Waals surface area (Å²) in [6, 6.07) is 16.5. The first-order valence-electron chi connectivity index (χ1n) is 13.4. The van der Waals surface area contributed by atoms with E-state index in [0.717, 1.165) is 35.8 Å². The Labute approximate surface area is 227 Å². The summed E-state index contributed by atoms with van der Waals surface area (Å²) in [5.74, 6) is 1.40. The molecule has 3 rings (SSSR count). The number of pyridine rings is 1. The van der Waals surface area contributed by atoms with Crippen LogP contribution in [0.25, 0.3) is 0 Å². The molecule has 0 aliphatic heterocycles. The highest BCUT2D eigenvalue weighted by atomic mass is 19.1. The molecular weight excluding hydrogens is 463 g/mol. The van der Waals surface area contributed by atoms with Gasteiger partial charge in [-0.05, 0) is 82.1 Å². The molecule has 0 saturated carbocycles. The average molecular weight is 517 g/mol. The van der Waals surface area contributed by atoms with Crippen LogP contribution in [0.4, 0.5) is 10.1 Å². The maximum Gasteiger partial charge on any atom is 0.160 e. The van der Waals surface area contributed by atoms with Crippen LogP contribution in [0.2, 0.25) is 0 Å². The highest BCUT2D eigenvalue weighted by Gasteiger charge is 2.01. The predicted molar refractivity (Wildman–Crippen MR) is 162 cm³/mol. The lowest BCUT2D eigenvalue weighted by Gasteiger charge is -2.20. The third-order valence-electron chi connectivity index (χ3n) is 4.53. The second-order valence-corrected chi connectivity index (χ2v) is 6.99. The first-order chi connectivity index (χ1) is 17.8. The summed E-state index contributed by atoms with van der Waals surface area (Å²) >= 11 is 0. The van der Waals surface area contributed by atoms with Crippen molar-refractivity contribution in [2.45, 2.75) is 76.2 Å². The van der Waals surface area contributed by atoms with Gasteiger partial charge < -0.3 is 14.4 Å². The fourth-order valence-corrected chi connectivity index (χ4v) is 2.87. The lowest BCUT2D eigenvalue weighted by Crippen LogP contribution is -2.21. The van der Waals surface area contributed by atoms with E-state index in [4.69, 9.17) is 9.47 Å². The van der Waals surface area contributed by atoms with Gasteiger partial charge in [0.25, 0.3) is 0 Å². The Balaban J connectivity index is -0.000000430. The number of anilines is 1. The van der Waals surface area contributed by atoms with Gasteiger partial charge in [-0.15, -0.1) is 0 Å². The van der Waals surface area contributed by atoms with E-state index < -0.39 is 0 Å². The molecule has 210 valence electrons. The van der Waals surface area contributed by atoms with E-state index in [-0.39, 0.29) is 5.82 Å². The van der Waals surface area contributed by atoms with Gasteiger partial charge in [0.05, 0.1) is 14.2 Å². The Hall–Kier alpha value is -3.08. The number of benzene rings is 2. The van der Waals surface area contributed by atoms with Crippen molar-refractivity contribution < 1.29 is 13.9 Å². The molecule has 0 fully saturated rings. The Morgan fingerprint density at radius 2 is 1.24 bits per heavy atom. The lowest BCUT2D eigenvalue weighted by molar-refractivity contribution is 0.354. The fourth-order valence-electron chi connectivity index (χ4n) is 2.87. The van der Waals surface area contributed by atoms with E-state index in [0.29, 0.717) is 0 Å². The van der Waals surface area contributed by atoms with E-state index >= 15 is 0 Å². The molecule has 0 atom stereocenters. The van der Waals surface area contributed by atoms with Gasteiger partial charge in [-0.1, -0.05) is 59.7 Å². The molecule has 5 heteroatoms. The van der Waals surface area contributed by atoms with Crippen molar-refractivity contribution in [3.05, 3.63) is 83.4 Å². The smallest absolute Gasteiger partial charge is 0.160 e. The molecule has 0 N–H and O–H groups in total. The molecule has 0 aliphatic rings. The zero-order valence-corrected chi connectivity index (χ0v) is 25.8. The van der Waals surface area contributed by atoms with Crippen molar-refractivity contribution in [3.8, 4) is 11.5 Å². The number of hydrogen-bond acceptors (Lipinski definition) is 4. The third kappa shape index (κ3) is 17.9. The Bertz CT molecular complexity index is 896. The molecule has 0 bridgehead atoms. The van der Waals surface area contributed by atoms with Crippen LogP contribution >= 0.6 is 0 Å². The summed E-state index contributed by atoms with van der Waals surface area (Å²) in [4.78, 5) is 6.48. The quantitative estimate of drug-likeness (QED) is 0.338. The highest BCUT2D eigenvalue weighted by Crippen LogP contribution is 2.26. The number of methoxy groups -OCH3 is 2. The normalized spacial score (nSPS) is 8.49. The largest absolute Gasteiger partial charge is 0.493 e. The number of hydrogen-bond donors (Lipinski definition) is 0. The topological polar surface area (TPSA) is 34.6 Å². The minimum absolute atomic E-state index is 0.162. The van der Waals surface area contributed by atoms with Gasteiger partial charge in [0.1, 0.15) is 5.82 Å². The van der Waals surface area contributed by atoms with E-state index in [9.17, 15) is 4.39 Å². The number of aryl methyl sites for hydroxylation is 3. The number of aromatic nitrogens is 1.